The summed E-state index contributed by atoms with van der Waals surface area (Å²) >= 11 is 0. The van der Waals surface area contributed by atoms with Crippen LogP contribution in [0.3, 0.4) is 0 Å². The van der Waals surface area contributed by atoms with Gasteiger partial charge in [0.15, 0.2) is 0 Å². The van der Waals surface area contributed by atoms with E-state index in [0.717, 1.165) is 5.56 Å². The molecule has 0 saturated heterocycles. The maximum Gasteiger partial charge on any atom is 0.310 e. The topological polar surface area (TPSA) is 74.6 Å². The van der Waals surface area contributed by atoms with Gasteiger partial charge in [-0.2, -0.15) is 0 Å². The molecule has 98 valence electrons. The van der Waals surface area contributed by atoms with Crippen molar-refractivity contribution < 1.29 is 19.8 Å². The second-order valence-corrected chi connectivity index (χ2v) is 4.39. The fraction of sp³-hybridized carbons (Fsp3) is 0.429. The minimum absolute atomic E-state index is 0.594. The molecule has 0 aliphatic heterocycles. The smallest absolute Gasteiger partial charge is 0.310 e. The number of carboxylic acid groups (broad SMARTS) is 2. The molecular formula is C14H18O4. The zero-order valence-electron chi connectivity index (χ0n) is 10.8. The van der Waals surface area contributed by atoms with Crippen molar-refractivity contribution in [3.8, 4) is 0 Å². The molecule has 18 heavy (non-hydrogen) atoms. The summed E-state index contributed by atoms with van der Waals surface area (Å²) in [6.45, 7) is 5.10. The number of aryl methyl sites for hydroxylation is 1. The van der Waals surface area contributed by atoms with Crippen LogP contribution in [-0.4, -0.2) is 22.2 Å². The fourth-order valence-corrected chi connectivity index (χ4v) is 2.10. The zero-order valence-corrected chi connectivity index (χ0v) is 10.8. The molecular weight excluding hydrogens is 232 g/mol. The second kappa shape index (κ2) is 5.67. The first-order chi connectivity index (χ1) is 8.40. The first-order valence-corrected chi connectivity index (χ1v) is 5.97. The van der Waals surface area contributed by atoms with Crippen LogP contribution >= 0.6 is 0 Å². The van der Waals surface area contributed by atoms with Crippen LogP contribution in [0.5, 0.6) is 0 Å². The Morgan fingerprint density at radius 2 is 1.67 bits per heavy atom. The quantitative estimate of drug-likeness (QED) is 0.842. The molecule has 0 aliphatic rings. The third-order valence-corrected chi connectivity index (χ3v) is 3.25. The molecule has 2 unspecified atom stereocenters. The van der Waals surface area contributed by atoms with Crippen molar-refractivity contribution in [1.82, 2.24) is 0 Å². The van der Waals surface area contributed by atoms with E-state index in [1.54, 1.807) is 26.0 Å². The first kappa shape index (κ1) is 14.2. The van der Waals surface area contributed by atoms with Crippen molar-refractivity contribution in [3.63, 3.8) is 0 Å². The molecule has 1 aromatic carbocycles. The molecule has 0 spiro atoms. The minimum atomic E-state index is -0.943. The lowest BCUT2D eigenvalue weighted by Crippen LogP contribution is -2.17. The zero-order chi connectivity index (χ0) is 13.9. The third kappa shape index (κ3) is 2.70. The molecule has 0 bridgehead atoms. The van der Waals surface area contributed by atoms with Gasteiger partial charge in [-0.15, -0.1) is 0 Å². The molecule has 0 saturated carbocycles. The molecule has 4 nitrogen and oxygen atoms in total. The fourth-order valence-electron chi connectivity index (χ4n) is 2.10. The Bertz CT molecular complexity index is 465. The standard InChI is InChI=1S/C14H18O4/c1-4-10-6-5-7-11(8(2)13(15)16)12(10)9(3)14(17)18/h5-9H,4H2,1-3H3,(H,15,16)(H,17,18). The summed E-state index contributed by atoms with van der Waals surface area (Å²) in [6.07, 6.45) is 0.688. The largest absolute Gasteiger partial charge is 0.481 e. The van der Waals surface area contributed by atoms with Gasteiger partial charge in [-0.1, -0.05) is 25.1 Å². The summed E-state index contributed by atoms with van der Waals surface area (Å²) in [5, 5.41) is 18.2. The van der Waals surface area contributed by atoms with Crippen molar-refractivity contribution in [2.75, 3.05) is 0 Å². The monoisotopic (exact) mass is 250 g/mol. The van der Waals surface area contributed by atoms with Gasteiger partial charge in [0.1, 0.15) is 0 Å². The van der Waals surface area contributed by atoms with Crippen molar-refractivity contribution in [2.24, 2.45) is 0 Å². The van der Waals surface area contributed by atoms with Gasteiger partial charge in [0, 0.05) is 0 Å². The van der Waals surface area contributed by atoms with E-state index in [1.807, 2.05) is 13.0 Å². The van der Waals surface area contributed by atoms with Gasteiger partial charge in [0.2, 0.25) is 0 Å². The molecule has 2 N–H and O–H groups in total. The highest BCUT2D eigenvalue weighted by molar-refractivity contribution is 5.80. The van der Waals surface area contributed by atoms with E-state index in [9.17, 15) is 9.59 Å². The summed E-state index contributed by atoms with van der Waals surface area (Å²) in [6, 6.07) is 5.34. The van der Waals surface area contributed by atoms with E-state index >= 15 is 0 Å². The first-order valence-electron chi connectivity index (χ1n) is 5.97. The van der Waals surface area contributed by atoms with Crippen LogP contribution in [0, 0.1) is 0 Å². The van der Waals surface area contributed by atoms with Crippen molar-refractivity contribution in [3.05, 3.63) is 34.9 Å². The Hall–Kier alpha value is -1.84. The number of carboxylic acids is 2. The average Bonchev–Trinajstić information content (AvgIpc) is 2.35. The van der Waals surface area contributed by atoms with Gasteiger partial charge in [-0.05, 0) is 37.0 Å². The highest BCUT2D eigenvalue weighted by Crippen LogP contribution is 2.30. The molecule has 4 heteroatoms. The van der Waals surface area contributed by atoms with E-state index in [0.29, 0.717) is 17.5 Å². The SMILES string of the molecule is CCc1cccc(C(C)C(=O)O)c1C(C)C(=O)O. The Labute approximate surface area is 106 Å². The van der Waals surface area contributed by atoms with Gasteiger partial charge >= 0.3 is 11.9 Å². The van der Waals surface area contributed by atoms with Crippen LogP contribution < -0.4 is 0 Å². The lowest BCUT2D eigenvalue weighted by atomic mass is 9.85. The Balaban J connectivity index is 3.42. The van der Waals surface area contributed by atoms with Crippen LogP contribution in [0.15, 0.2) is 18.2 Å². The van der Waals surface area contributed by atoms with E-state index in [1.165, 1.54) is 0 Å². The van der Waals surface area contributed by atoms with Crippen LogP contribution in [0.25, 0.3) is 0 Å². The lowest BCUT2D eigenvalue weighted by molar-refractivity contribution is -0.140. The molecule has 0 radical (unpaired) electrons. The summed E-state index contributed by atoms with van der Waals surface area (Å²) in [4.78, 5) is 22.3. The number of hydrogen-bond acceptors (Lipinski definition) is 2. The molecule has 1 rings (SSSR count). The summed E-state index contributed by atoms with van der Waals surface area (Å²) in [5.74, 6) is -3.27. The summed E-state index contributed by atoms with van der Waals surface area (Å²) in [7, 11) is 0. The summed E-state index contributed by atoms with van der Waals surface area (Å²) < 4.78 is 0. The van der Waals surface area contributed by atoms with Gasteiger partial charge in [0.25, 0.3) is 0 Å². The lowest BCUT2D eigenvalue weighted by Gasteiger charge is -2.19. The normalized spacial score (nSPS) is 13.9. The second-order valence-electron chi connectivity index (χ2n) is 4.39. The van der Waals surface area contributed by atoms with E-state index in [4.69, 9.17) is 10.2 Å². The predicted molar refractivity (Wildman–Crippen MR) is 67.9 cm³/mol. The van der Waals surface area contributed by atoms with Gasteiger partial charge in [0.05, 0.1) is 11.8 Å². The maximum absolute atomic E-state index is 11.2. The molecule has 1 aromatic rings. The van der Waals surface area contributed by atoms with E-state index < -0.39 is 23.8 Å². The number of aliphatic carboxylic acids is 2. The number of hydrogen-bond donors (Lipinski definition) is 2. The maximum atomic E-state index is 11.2. The number of carbonyl (C=O) groups is 2. The molecule has 2 atom stereocenters. The Morgan fingerprint density at radius 3 is 2.11 bits per heavy atom. The van der Waals surface area contributed by atoms with Gasteiger partial charge in [-0.25, -0.2) is 0 Å². The van der Waals surface area contributed by atoms with Gasteiger partial charge in [-0.3, -0.25) is 9.59 Å². The van der Waals surface area contributed by atoms with Crippen LogP contribution in [0.1, 0.15) is 49.3 Å². The summed E-state index contributed by atoms with van der Waals surface area (Å²) in [5.41, 5.74) is 2.13. The van der Waals surface area contributed by atoms with Gasteiger partial charge < -0.3 is 10.2 Å². The van der Waals surface area contributed by atoms with Crippen molar-refractivity contribution in [2.45, 2.75) is 39.0 Å². The molecule has 0 amide bonds. The molecule has 0 heterocycles. The predicted octanol–water partition coefficient (Wildman–Crippen LogP) is 2.63. The Morgan fingerprint density at radius 1 is 1.11 bits per heavy atom. The number of rotatable bonds is 5. The van der Waals surface area contributed by atoms with E-state index in [-0.39, 0.29) is 0 Å². The molecule has 0 fully saturated rings. The van der Waals surface area contributed by atoms with Crippen LogP contribution in [0.2, 0.25) is 0 Å². The Kier molecular flexibility index (Phi) is 4.48. The van der Waals surface area contributed by atoms with Crippen LogP contribution in [0.4, 0.5) is 0 Å². The van der Waals surface area contributed by atoms with Crippen molar-refractivity contribution >= 4 is 11.9 Å². The third-order valence-electron chi connectivity index (χ3n) is 3.25. The average molecular weight is 250 g/mol. The van der Waals surface area contributed by atoms with Crippen LogP contribution in [-0.2, 0) is 16.0 Å². The minimum Gasteiger partial charge on any atom is -0.481 e. The van der Waals surface area contributed by atoms with Crippen molar-refractivity contribution in [1.29, 1.82) is 0 Å². The van der Waals surface area contributed by atoms with E-state index in [2.05, 4.69) is 0 Å². The highest BCUT2D eigenvalue weighted by Gasteiger charge is 2.25. The molecule has 0 aliphatic carbocycles. The molecule has 0 aromatic heterocycles. The number of benzene rings is 1. The highest BCUT2D eigenvalue weighted by atomic mass is 16.4.